The van der Waals surface area contributed by atoms with E-state index < -0.39 is 10.0 Å². The van der Waals surface area contributed by atoms with E-state index in [1.165, 1.54) is 0 Å². The van der Waals surface area contributed by atoms with E-state index in [0.717, 1.165) is 30.4 Å². The molecule has 3 rings (SSSR count). The Kier molecular flexibility index (Phi) is 4.04. The zero-order valence-electron chi connectivity index (χ0n) is 12.3. The third-order valence-corrected chi connectivity index (χ3v) is 5.61. The highest BCUT2D eigenvalue weighted by atomic mass is 32.2. The number of rotatable bonds is 5. The summed E-state index contributed by atoms with van der Waals surface area (Å²) in [5, 5.41) is 0. The maximum absolute atomic E-state index is 12.4. The summed E-state index contributed by atoms with van der Waals surface area (Å²) >= 11 is 0. The summed E-state index contributed by atoms with van der Waals surface area (Å²) in [7, 11) is -3.53. The Labute approximate surface area is 131 Å². The molecule has 0 saturated heterocycles. The Bertz CT molecular complexity index is 753. The fourth-order valence-corrected chi connectivity index (χ4v) is 3.79. The molecule has 116 valence electrons. The van der Waals surface area contributed by atoms with E-state index in [0.29, 0.717) is 6.54 Å². The molecule has 0 bridgehead atoms. The quantitative estimate of drug-likeness (QED) is 0.890. The van der Waals surface area contributed by atoms with Gasteiger partial charge in [0.1, 0.15) is 0 Å². The number of hydrogen-bond acceptors (Lipinski definition) is 3. The van der Waals surface area contributed by atoms with Crippen molar-refractivity contribution < 1.29 is 8.42 Å². The monoisotopic (exact) mass is 316 g/mol. The molecule has 0 radical (unpaired) electrons. The second-order valence-corrected chi connectivity index (χ2v) is 7.70. The van der Waals surface area contributed by atoms with Gasteiger partial charge < -0.3 is 5.73 Å². The van der Waals surface area contributed by atoms with Crippen LogP contribution in [0.4, 0.5) is 0 Å². The third kappa shape index (κ3) is 3.21. The van der Waals surface area contributed by atoms with E-state index in [4.69, 9.17) is 5.73 Å². The molecule has 0 atom stereocenters. The molecule has 1 fully saturated rings. The molecule has 0 heterocycles. The van der Waals surface area contributed by atoms with E-state index in [9.17, 15) is 8.42 Å². The summed E-state index contributed by atoms with van der Waals surface area (Å²) in [4.78, 5) is 0.275. The average Bonchev–Trinajstić information content (AvgIpc) is 2.52. The predicted octanol–water partition coefficient (Wildman–Crippen LogP) is 2.51. The molecule has 1 aliphatic carbocycles. The Hall–Kier alpha value is -1.69. The Morgan fingerprint density at radius 1 is 1.00 bits per heavy atom. The van der Waals surface area contributed by atoms with Gasteiger partial charge in [0, 0.05) is 12.1 Å². The first-order valence-electron chi connectivity index (χ1n) is 7.43. The molecule has 3 N–H and O–H groups in total. The summed E-state index contributed by atoms with van der Waals surface area (Å²) in [6.07, 6.45) is 2.82. The van der Waals surface area contributed by atoms with Gasteiger partial charge in [0.25, 0.3) is 0 Å². The van der Waals surface area contributed by atoms with Gasteiger partial charge >= 0.3 is 0 Å². The molecule has 1 aliphatic rings. The number of sulfonamides is 1. The second-order valence-electron chi connectivity index (χ2n) is 5.93. The van der Waals surface area contributed by atoms with Gasteiger partial charge in [0.05, 0.1) is 4.90 Å². The highest BCUT2D eigenvalue weighted by Crippen LogP contribution is 2.29. The standard InChI is InChI=1S/C17H20N2O2S/c18-17(10-5-11-17)13-19-22(20,21)16-9-4-8-15(12-16)14-6-2-1-3-7-14/h1-4,6-9,12,19H,5,10-11,13,18H2. The number of benzene rings is 2. The van der Waals surface area contributed by atoms with Gasteiger partial charge in [-0.3, -0.25) is 0 Å². The van der Waals surface area contributed by atoms with Gasteiger partial charge in [0.15, 0.2) is 0 Å². The van der Waals surface area contributed by atoms with E-state index in [1.54, 1.807) is 18.2 Å². The van der Waals surface area contributed by atoms with Crippen LogP contribution in [0.1, 0.15) is 19.3 Å². The van der Waals surface area contributed by atoms with Crippen LogP contribution in [-0.2, 0) is 10.0 Å². The number of nitrogens with two attached hydrogens (primary N) is 1. The van der Waals surface area contributed by atoms with Gasteiger partial charge in [-0.1, -0.05) is 42.5 Å². The van der Waals surface area contributed by atoms with Crippen LogP contribution in [0.15, 0.2) is 59.5 Å². The zero-order valence-corrected chi connectivity index (χ0v) is 13.1. The Morgan fingerprint density at radius 3 is 2.32 bits per heavy atom. The van der Waals surface area contributed by atoms with Crippen LogP contribution in [0, 0.1) is 0 Å². The normalized spacial score (nSPS) is 17.0. The van der Waals surface area contributed by atoms with Crippen molar-refractivity contribution in [2.75, 3.05) is 6.54 Å². The first-order chi connectivity index (χ1) is 10.5. The van der Waals surface area contributed by atoms with Crippen LogP contribution in [0.5, 0.6) is 0 Å². The average molecular weight is 316 g/mol. The van der Waals surface area contributed by atoms with Crippen molar-refractivity contribution in [3.8, 4) is 11.1 Å². The second kappa shape index (κ2) is 5.83. The minimum Gasteiger partial charge on any atom is -0.324 e. The van der Waals surface area contributed by atoms with E-state index in [2.05, 4.69) is 4.72 Å². The SMILES string of the molecule is NC1(CNS(=O)(=O)c2cccc(-c3ccccc3)c2)CCC1. The summed E-state index contributed by atoms with van der Waals surface area (Å²) in [5.74, 6) is 0. The highest BCUT2D eigenvalue weighted by Gasteiger charge is 2.33. The van der Waals surface area contributed by atoms with Crippen molar-refractivity contribution in [3.63, 3.8) is 0 Å². The summed E-state index contributed by atoms with van der Waals surface area (Å²) in [5.41, 5.74) is 7.59. The van der Waals surface area contributed by atoms with Crippen molar-refractivity contribution >= 4 is 10.0 Å². The van der Waals surface area contributed by atoms with Crippen molar-refractivity contribution in [2.24, 2.45) is 5.73 Å². The third-order valence-electron chi connectivity index (χ3n) is 4.22. The van der Waals surface area contributed by atoms with Crippen molar-refractivity contribution in [1.29, 1.82) is 0 Å². The lowest BCUT2D eigenvalue weighted by Gasteiger charge is -2.38. The minimum atomic E-state index is -3.53. The molecular formula is C17H20N2O2S. The molecule has 0 spiro atoms. The molecule has 1 saturated carbocycles. The van der Waals surface area contributed by atoms with Crippen LogP contribution < -0.4 is 10.5 Å². The Morgan fingerprint density at radius 2 is 1.68 bits per heavy atom. The fraction of sp³-hybridized carbons (Fsp3) is 0.294. The predicted molar refractivity (Wildman–Crippen MR) is 87.8 cm³/mol. The van der Waals surface area contributed by atoms with E-state index in [-0.39, 0.29) is 10.4 Å². The van der Waals surface area contributed by atoms with Crippen molar-refractivity contribution in [2.45, 2.75) is 29.7 Å². The highest BCUT2D eigenvalue weighted by molar-refractivity contribution is 7.89. The summed E-state index contributed by atoms with van der Waals surface area (Å²) < 4.78 is 27.5. The fourth-order valence-electron chi connectivity index (χ4n) is 2.60. The molecule has 0 amide bonds. The van der Waals surface area contributed by atoms with Crippen LogP contribution in [0.3, 0.4) is 0 Å². The van der Waals surface area contributed by atoms with Gasteiger partial charge in [-0.05, 0) is 42.5 Å². The maximum atomic E-state index is 12.4. The zero-order chi connectivity index (χ0) is 15.6. The first-order valence-corrected chi connectivity index (χ1v) is 8.91. The lowest BCUT2D eigenvalue weighted by Crippen LogP contribution is -2.54. The van der Waals surface area contributed by atoms with Gasteiger partial charge in [-0.15, -0.1) is 0 Å². The molecule has 22 heavy (non-hydrogen) atoms. The molecule has 5 heteroatoms. The van der Waals surface area contributed by atoms with E-state index in [1.807, 2.05) is 36.4 Å². The molecule has 4 nitrogen and oxygen atoms in total. The largest absolute Gasteiger partial charge is 0.324 e. The number of hydrogen-bond donors (Lipinski definition) is 2. The van der Waals surface area contributed by atoms with Crippen LogP contribution in [-0.4, -0.2) is 20.5 Å². The molecule has 2 aromatic carbocycles. The lowest BCUT2D eigenvalue weighted by atomic mass is 9.78. The molecule has 2 aromatic rings. The summed E-state index contributed by atoms with van der Waals surface area (Å²) in [6.45, 7) is 0.297. The summed E-state index contributed by atoms with van der Waals surface area (Å²) in [6, 6.07) is 16.7. The van der Waals surface area contributed by atoms with Crippen LogP contribution in [0.25, 0.3) is 11.1 Å². The Balaban J connectivity index is 1.82. The smallest absolute Gasteiger partial charge is 0.240 e. The molecule has 0 aliphatic heterocycles. The molecule has 0 aromatic heterocycles. The van der Waals surface area contributed by atoms with Gasteiger partial charge in [-0.2, -0.15) is 0 Å². The minimum absolute atomic E-state index is 0.275. The lowest BCUT2D eigenvalue weighted by molar-refractivity contribution is 0.251. The molecule has 0 unspecified atom stereocenters. The maximum Gasteiger partial charge on any atom is 0.240 e. The van der Waals surface area contributed by atoms with Crippen LogP contribution in [0.2, 0.25) is 0 Å². The molecular weight excluding hydrogens is 296 g/mol. The topological polar surface area (TPSA) is 72.2 Å². The van der Waals surface area contributed by atoms with Crippen molar-refractivity contribution in [1.82, 2.24) is 4.72 Å². The van der Waals surface area contributed by atoms with Gasteiger partial charge in [-0.25, -0.2) is 13.1 Å². The number of nitrogens with one attached hydrogen (secondary N) is 1. The van der Waals surface area contributed by atoms with Gasteiger partial charge in [0.2, 0.25) is 10.0 Å². The first kappa shape index (κ1) is 15.2. The van der Waals surface area contributed by atoms with E-state index >= 15 is 0 Å². The van der Waals surface area contributed by atoms with Crippen LogP contribution >= 0.6 is 0 Å². The van der Waals surface area contributed by atoms with Crippen molar-refractivity contribution in [3.05, 3.63) is 54.6 Å².